The molecule has 9 heteroatoms. The molecule has 0 radical (unpaired) electrons. The Morgan fingerprint density at radius 1 is 1.14 bits per heavy atom. The number of thioether (sulfide) groups is 1. The summed E-state index contributed by atoms with van der Waals surface area (Å²) in [7, 11) is 0. The van der Waals surface area contributed by atoms with Gasteiger partial charge in [-0.25, -0.2) is 4.98 Å². The summed E-state index contributed by atoms with van der Waals surface area (Å²) in [6, 6.07) is 8.22. The molecule has 1 aromatic carbocycles. The number of fused-ring (bicyclic) bond motifs is 1. The van der Waals surface area contributed by atoms with E-state index in [1.807, 2.05) is 32.9 Å². The summed E-state index contributed by atoms with van der Waals surface area (Å²) in [4.78, 5) is 22.1. The third-order valence-corrected chi connectivity index (χ3v) is 7.11. The molecule has 1 atom stereocenters. The number of hydrogen-bond acceptors (Lipinski definition) is 7. The average molecular weight is 427 g/mol. The fourth-order valence-corrected chi connectivity index (χ4v) is 4.99. The number of H-pyrrole nitrogens is 1. The molecule has 7 nitrogen and oxygen atoms in total. The largest absolute Gasteiger partial charge is 0.309 e. The fraction of sp³-hybridized carbons (Fsp3) is 0.350. The monoisotopic (exact) mass is 426 g/mol. The van der Waals surface area contributed by atoms with Crippen molar-refractivity contribution >= 4 is 33.3 Å². The molecule has 0 saturated heterocycles. The molecular formula is C20H22N6OS2. The highest BCUT2D eigenvalue weighted by Gasteiger charge is 2.19. The molecule has 150 valence electrons. The van der Waals surface area contributed by atoms with Crippen molar-refractivity contribution in [1.29, 1.82) is 0 Å². The van der Waals surface area contributed by atoms with Crippen molar-refractivity contribution in [3.63, 3.8) is 0 Å². The molecule has 3 heterocycles. The Morgan fingerprint density at radius 3 is 2.55 bits per heavy atom. The molecule has 1 N–H and O–H groups in total. The predicted molar refractivity (Wildman–Crippen MR) is 117 cm³/mol. The quantitative estimate of drug-likeness (QED) is 0.471. The second-order valence-corrected chi connectivity index (χ2v) is 9.81. The highest BCUT2D eigenvalue weighted by atomic mass is 32.2. The predicted octanol–water partition coefficient (Wildman–Crippen LogP) is 4.55. The second-order valence-electron chi connectivity index (χ2n) is 7.29. The number of nitrogens with one attached hydrogen (secondary N) is 1. The molecule has 0 aliphatic rings. The van der Waals surface area contributed by atoms with E-state index in [1.54, 1.807) is 16.0 Å². The van der Waals surface area contributed by atoms with Gasteiger partial charge in [-0.3, -0.25) is 4.79 Å². The number of aromatic nitrogens is 6. The third kappa shape index (κ3) is 3.72. The summed E-state index contributed by atoms with van der Waals surface area (Å²) in [6.45, 7) is 10.3. The van der Waals surface area contributed by atoms with Crippen molar-refractivity contribution < 1.29 is 0 Å². The van der Waals surface area contributed by atoms with Crippen molar-refractivity contribution in [3.8, 4) is 5.69 Å². The molecule has 1 unspecified atom stereocenters. The lowest BCUT2D eigenvalue weighted by atomic mass is 10.0. The maximum Gasteiger partial charge on any atom is 0.259 e. The molecule has 0 aliphatic carbocycles. The zero-order valence-electron chi connectivity index (χ0n) is 16.9. The van der Waals surface area contributed by atoms with Crippen molar-refractivity contribution in [2.24, 2.45) is 0 Å². The first kappa shape index (κ1) is 19.8. The van der Waals surface area contributed by atoms with Crippen LogP contribution in [0.2, 0.25) is 0 Å². The van der Waals surface area contributed by atoms with Crippen LogP contribution in [0.25, 0.3) is 15.9 Å². The molecule has 0 bridgehead atoms. The summed E-state index contributed by atoms with van der Waals surface area (Å²) in [6.07, 6.45) is 0. The highest BCUT2D eigenvalue weighted by Crippen LogP contribution is 2.34. The molecule has 4 aromatic rings. The van der Waals surface area contributed by atoms with E-state index in [4.69, 9.17) is 4.98 Å². The van der Waals surface area contributed by atoms with E-state index in [-0.39, 0.29) is 10.8 Å². The molecule has 0 aliphatic heterocycles. The number of aromatic amines is 1. The van der Waals surface area contributed by atoms with E-state index in [2.05, 4.69) is 46.5 Å². The van der Waals surface area contributed by atoms with Gasteiger partial charge in [0.25, 0.3) is 5.56 Å². The van der Waals surface area contributed by atoms with E-state index < -0.39 is 0 Å². The lowest BCUT2D eigenvalue weighted by molar-refractivity contribution is 0.752. The van der Waals surface area contributed by atoms with Crippen molar-refractivity contribution in [2.75, 3.05) is 0 Å². The van der Waals surface area contributed by atoms with Gasteiger partial charge in [-0.15, -0.1) is 16.4 Å². The van der Waals surface area contributed by atoms with Crippen molar-refractivity contribution in [1.82, 2.24) is 30.2 Å². The van der Waals surface area contributed by atoms with Crippen LogP contribution in [0.15, 0.2) is 34.2 Å². The maximum atomic E-state index is 12.6. The Balaban J connectivity index is 1.63. The highest BCUT2D eigenvalue weighted by molar-refractivity contribution is 7.99. The van der Waals surface area contributed by atoms with Gasteiger partial charge >= 0.3 is 0 Å². The topological polar surface area (TPSA) is 89.3 Å². The van der Waals surface area contributed by atoms with Crippen LogP contribution in [-0.2, 0) is 0 Å². The first-order valence-electron chi connectivity index (χ1n) is 9.40. The minimum atomic E-state index is -0.116. The number of thiophene rings is 1. The molecule has 0 saturated carbocycles. The van der Waals surface area contributed by atoms with Crippen LogP contribution in [0.1, 0.15) is 53.8 Å². The standard InChI is InChI=1S/C20H22N6OS2/c1-10(2)14-6-8-15(9-7-14)26-20(23-24-25-26)29-13(5)17-21-18(27)16-11(3)12(4)28-19(16)22-17/h6-10,13H,1-5H3,(H,21,22,27). The summed E-state index contributed by atoms with van der Waals surface area (Å²) in [5.74, 6) is 1.09. The normalized spacial score (nSPS) is 12.8. The Bertz CT molecular complexity index is 1220. The van der Waals surface area contributed by atoms with Crippen molar-refractivity contribution in [3.05, 3.63) is 56.4 Å². The summed E-state index contributed by atoms with van der Waals surface area (Å²) >= 11 is 3.01. The molecule has 0 fully saturated rings. The average Bonchev–Trinajstić information content (AvgIpc) is 3.26. The van der Waals surface area contributed by atoms with E-state index in [9.17, 15) is 4.79 Å². The Morgan fingerprint density at radius 2 is 1.86 bits per heavy atom. The second kappa shape index (κ2) is 7.72. The van der Waals surface area contributed by atoms with Crippen LogP contribution < -0.4 is 5.56 Å². The Labute approximate surface area is 176 Å². The summed E-state index contributed by atoms with van der Waals surface area (Å²) in [5.41, 5.74) is 3.07. The van der Waals surface area contributed by atoms with Gasteiger partial charge in [0.05, 0.1) is 16.3 Å². The zero-order valence-corrected chi connectivity index (χ0v) is 18.6. The van der Waals surface area contributed by atoms with Crippen LogP contribution in [-0.4, -0.2) is 30.2 Å². The summed E-state index contributed by atoms with van der Waals surface area (Å²) < 4.78 is 1.71. The van der Waals surface area contributed by atoms with E-state index >= 15 is 0 Å². The van der Waals surface area contributed by atoms with Gasteiger partial charge in [-0.05, 0) is 60.4 Å². The van der Waals surface area contributed by atoms with Crippen LogP contribution in [0.5, 0.6) is 0 Å². The number of tetrazole rings is 1. The molecule has 0 amide bonds. The molecule has 0 spiro atoms. The van der Waals surface area contributed by atoms with Gasteiger partial charge in [0, 0.05) is 4.88 Å². The number of benzene rings is 1. The minimum Gasteiger partial charge on any atom is -0.309 e. The Kier molecular flexibility index (Phi) is 5.26. The SMILES string of the molecule is Cc1sc2nc(C(C)Sc3nnnn3-c3ccc(C(C)C)cc3)[nH]c(=O)c2c1C. The van der Waals surface area contributed by atoms with Gasteiger partial charge in [0.2, 0.25) is 5.16 Å². The van der Waals surface area contributed by atoms with Gasteiger partial charge < -0.3 is 4.98 Å². The minimum absolute atomic E-state index is 0.0943. The van der Waals surface area contributed by atoms with E-state index in [0.717, 1.165) is 21.0 Å². The van der Waals surface area contributed by atoms with Crippen LogP contribution >= 0.6 is 23.1 Å². The number of nitrogens with zero attached hydrogens (tertiary/aromatic N) is 5. The van der Waals surface area contributed by atoms with Crippen molar-refractivity contribution in [2.45, 2.75) is 50.9 Å². The van der Waals surface area contributed by atoms with Gasteiger partial charge in [0.15, 0.2) is 0 Å². The fourth-order valence-electron chi connectivity index (χ4n) is 3.09. The van der Waals surface area contributed by atoms with Gasteiger partial charge in [0.1, 0.15) is 10.7 Å². The number of hydrogen-bond donors (Lipinski definition) is 1. The molecule has 4 rings (SSSR count). The first-order valence-corrected chi connectivity index (χ1v) is 11.1. The molecule has 3 aromatic heterocycles. The van der Waals surface area contributed by atoms with Gasteiger partial charge in [-0.1, -0.05) is 37.7 Å². The van der Waals surface area contributed by atoms with E-state index in [0.29, 0.717) is 22.3 Å². The van der Waals surface area contributed by atoms with Gasteiger partial charge in [-0.2, -0.15) is 4.68 Å². The lowest BCUT2D eigenvalue weighted by Crippen LogP contribution is -2.12. The summed E-state index contributed by atoms with van der Waals surface area (Å²) in [5, 5.41) is 13.4. The molecule has 29 heavy (non-hydrogen) atoms. The van der Waals surface area contributed by atoms with Crippen LogP contribution in [0.4, 0.5) is 0 Å². The Hall–Kier alpha value is -2.52. The smallest absolute Gasteiger partial charge is 0.259 e. The molecular weight excluding hydrogens is 404 g/mol. The maximum absolute atomic E-state index is 12.6. The van der Waals surface area contributed by atoms with Crippen LogP contribution in [0, 0.1) is 13.8 Å². The van der Waals surface area contributed by atoms with Crippen LogP contribution in [0.3, 0.4) is 0 Å². The number of aryl methyl sites for hydroxylation is 2. The third-order valence-electron chi connectivity index (χ3n) is 4.97. The zero-order chi connectivity index (χ0) is 20.7. The lowest BCUT2D eigenvalue weighted by Gasteiger charge is -2.11. The number of rotatable bonds is 5. The van der Waals surface area contributed by atoms with E-state index in [1.165, 1.54) is 17.3 Å². The first-order chi connectivity index (χ1) is 13.8.